The molecule has 2 aromatic rings. The third-order valence-corrected chi connectivity index (χ3v) is 3.24. The summed E-state index contributed by atoms with van der Waals surface area (Å²) in [6, 6.07) is 6.81. The second kappa shape index (κ2) is 6.43. The van der Waals surface area contributed by atoms with Crippen LogP contribution in [0.25, 0.3) is 0 Å². The molecule has 20 heavy (non-hydrogen) atoms. The summed E-state index contributed by atoms with van der Waals surface area (Å²) in [6.45, 7) is 3.54. The van der Waals surface area contributed by atoms with E-state index in [9.17, 15) is 4.79 Å². The average molecular weight is 294 g/mol. The van der Waals surface area contributed by atoms with Gasteiger partial charge in [0.25, 0.3) is 0 Å². The number of halogens is 1. The highest BCUT2D eigenvalue weighted by atomic mass is 35.5. The van der Waals surface area contributed by atoms with Gasteiger partial charge in [-0.3, -0.25) is 4.68 Å². The van der Waals surface area contributed by atoms with Crippen LogP contribution >= 0.6 is 11.6 Å². The molecule has 0 amide bonds. The molecule has 0 saturated carbocycles. The number of aromatic nitrogens is 2. The van der Waals surface area contributed by atoms with Gasteiger partial charge in [0, 0.05) is 18.4 Å². The summed E-state index contributed by atoms with van der Waals surface area (Å²) < 4.78 is 1.93. The molecule has 0 spiro atoms. The summed E-state index contributed by atoms with van der Waals surface area (Å²) in [7, 11) is 0. The van der Waals surface area contributed by atoms with Gasteiger partial charge < -0.3 is 10.4 Å². The summed E-state index contributed by atoms with van der Waals surface area (Å²) in [5, 5.41) is 16.7. The van der Waals surface area contributed by atoms with Gasteiger partial charge in [-0.2, -0.15) is 5.10 Å². The molecule has 2 rings (SSSR count). The molecule has 1 heterocycles. The maximum Gasteiger partial charge on any atom is 0.337 e. The number of carbonyl (C=O) groups is 1. The van der Waals surface area contributed by atoms with Crippen molar-refractivity contribution < 1.29 is 9.90 Å². The number of carboxylic acid groups (broad SMARTS) is 1. The van der Waals surface area contributed by atoms with E-state index in [1.165, 1.54) is 6.07 Å². The molecule has 1 aromatic carbocycles. The van der Waals surface area contributed by atoms with Gasteiger partial charge in [0.1, 0.15) is 0 Å². The Morgan fingerprint density at radius 1 is 1.45 bits per heavy atom. The predicted molar refractivity (Wildman–Crippen MR) is 78.3 cm³/mol. The lowest BCUT2D eigenvalue weighted by Crippen LogP contribution is -2.09. The van der Waals surface area contributed by atoms with E-state index in [2.05, 4.69) is 17.3 Å². The van der Waals surface area contributed by atoms with Crippen molar-refractivity contribution in [1.29, 1.82) is 0 Å². The number of nitrogens with one attached hydrogen (secondary N) is 1. The minimum absolute atomic E-state index is 0.0960. The Balaban J connectivity index is 2.09. The minimum Gasteiger partial charge on any atom is -0.478 e. The lowest BCUT2D eigenvalue weighted by Gasteiger charge is -2.10. The number of hydrogen-bond acceptors (Lipinski definition) is 3. The predicted octanol–water partition coefficient (Wildman–Crippen LogP) is 3.26. The molecule has 0 bridgehead atoms. The van der Waals surface area contributed by atoms with Crippen molar-refractivity contribution in [2.75, 3.05) is 5.32 Å². The van der Waals surface area contributed by atoms with Crippen LogP contribution in [0.5, 0.6) is 0 Å². The topological polar surface area (TPSA) is 67.2 Å². The number of benzene rings is 1. The molecule has 0 unspecified atom stereocenters. The monoisotopic (exact) mass is 293 g/mol. The van der Waals surface area contributed by atoms with Crippen LogP contribution in [0.15, 0.2) is 30.5 Å². The summed E-state index contributed by atoms with van der Waals surface area (Å²) in [4.78, 5) is 11.0. The molecule has 0 saturated heterocycles. The van der Waals surface area contributed by atoms with Crippen LogP contribution in [0.1, 0.15) is 29.4 Å². The molecule has 0 fully saturated rings. The molecule has 0 aliphatic rings. The van der Waals surface area contributed by atoms with E-state index in [4.69, 9.17) is 16.7 Å². The van der Waals surface area contributed by atoms with Crippen LogP contribution in [-0.2, 0) is 13.1 Å². The number of anilines is 1. The van der Waals surface area contributed by atoms with Crippen LogP contribution in [0.4, 0.5) is 5.69 Å². The Hall–Kier alpha value is -2.01. The number of nitrogens with zero attached hydrogens (tertiary/aromatic N) is 2. The zero-order chi connectivity index (χ0) is 14.5. The second-order valence-corrected chi connectivity index (χ2v) is 4.81. The molecule has 0 atom stereocenters. The fraction of sp³-hybridized carbons (Fsp3) is 0.286. The Kier molecular flexibility index (Phi) is 4.63. The Bertz CT molecular complexity index is 610. The molecular formula is C14H16ClN3O2. The van der Waals surface area contributed by atoms with Crippen molar-refractivity contribution in [1.82, 2.24) is 9.78 Å². The molecule has 5 nitrogen and oxygen atoms in total. The molecule has 6 heteroatoms. The van der Waals surface area contributed by atoms with Gasteiger partial charge in [-0.15, -0.1) is 0 Å². The summed E-state index contributed by atoms with van der Waals surface area (Å²) >= 11 is 5.83. The highest BCUT2D eigenvalue weighted by Gasteiger charge is 2.09. The quantitative estimate of drug-likeness (QED) is 0.858. The van der Waals surface area contributed by atoms with Gasteiger partial charge in [0.05, 0.1) is 22.8 Å². The van der Waals surface area contributed by atoms with Crippen molar-refractivity contribution in [2.45, 2.75) is 26.4 Å². The molecule has 2 N–H and O–H groups in total. The number of rotatable bonds is 6. The average Bonchev–Trinajstić information content (AvgIpc) is 2.85. The van der Waals surface area contributed by atoms with Crippen molar-refractivity contribution in [3.63, 3.8) is 0 Å². The highest BCUT2D eigenvalue weighted by Crippen LogP contribution is 2.21. The Morgan fingerprint density at radius 2 is 2.25 bits per heavy atom. The van der Waals surface area contributed by atoms with E-state index >= 15 is 0 Å². The minimum atomic E-state index is -1.03. The molecule has 0 radical (unpaired) electrons. The van der Waals surface area contributed by atoms with Crippen LogP contribution in [-0.4, -0.2) is 20.9 Å². The number of aryl methyl sites for hydroxylation is 1. The van der Waals surface area contributed by atoms with Gasteiger partial charge in [-0.25, -0.2) is 4.79 Å². The first-order chi connectivity index (χ1) is 9.61. The van der Waals surface area contributed by atoms with Crippen molar-refractivity contribution in [3.8, 4) is 0 Å². The van der Waals surface area contributed by atoms with Gasteiger partial charge >= 0.3 is 5.97 Å². The van der Waals surface area contributed by atoms with E-state index in [0.29, 0.717) is 6.54 Å². The van der Waals surface area contributed by atoms with Gasteiger partial charge in [-0.1, -0.05) is 18.5 Å². The standard InChI is InChI=1S/C14H16ClN3O2/c1-2-7-18-11(5-6-17-18)9-16-10-3-4-13(15)12(8-10)14(19)20/h3-6,8,16H,2,7,9H2,1H3,(H,19,20). The SMILES string of the molecule is CCCn1nccc1CNc1ccc(Cl)c(C(=O)O)c1. The van der Waals surface area contributed by atoms with Crippen LogP contribution in [0.2, 0.25) is 5.02 Å². The Morgan fingerprint density at radius 3 is 2.95 bits per heavy atom. The number of aromatic carboxylic acids is 1. The highest BCUT2D eigenvalue weighted by molar-refractivity contribution is 6.33. The molecule has 1 aromatic heterocycles. The van der Waals surface area contributed by atoms with E-state index < -0.39 is 5.97 Å². The van der Waals surface area contributed by atoms with Gasteiger partial charge in [0.15, 0.2) is 0 Å². The summed E-state index contributed by atoms with van der Waals surface area (Å²) in [5.74, 6) is -1.03. The fourth-order valence-electron chi connectivity index (χ4n) is 1.92. The van der Waals surface area contributed by atoms with Crippen molar-refractivity contribution >= 4 is 23.3 Å². The van der Waals surface area contributed by atoms with E-state index in [1.807, 2.05) is 10.7 Å². The van der Waals surface area contributed by atoms with Crippen LogP contribution < -0.4 is 5.32 Å². The first-order valence-electron chi connectivity index (χ1n) is 6.39. The second-order valence-electron chi connectivity index (χ2n) is 4.40. The van der Waals surface area contributed by atoms with Crippen molar-refractivity contribution in [2.24, 2.45) is 0 Å². The third kappa shape index (κ3) is 3.30. The zero-order valence-corrected chi connectivity index (χ0v) is 11.9. The summed E-state index contributed by atoms with van der Waals surface area (Å²) in [5.41, 5.74) is 1.87. The third-order valence-electron chi connectivity index (χ3n) is 2.91. The normalized spacial score (nSPS) is 10.5. The maximum atomic E-state index is 11.0. The molecular weight excluding hydrogens is 278 g/mol. The number of carboxylic acids is 1. The largest absolute Gasteiger partial charge is 0.478 e. The van der Waals surface area contributed by atoms with Gasteiger partial charge in [-0.05, 0) is 30.7 Å². The Labute approximate surface area is 122 Å². The molecule has 0 aliphatic carbocycles. The van der Waals surface area contributed by atoms with Crippen molar-refractivity contribution in [3.05, 3.63) is 46.7 Å². The lowest BCUT2D eigenvalue weighted by atomic mass is 10.2. The molecule has 106 valence electrons. The first kappa shape index (κ1) is 14.4. The van der Waals surface area contributed by atoms with Gasteiger partial charge in [0.2, 0.25) is 0 Å². The zero-order valence-electron chi connectivity index (χ0n) is 11.1. The van der Waals surface area contributed by atoms with E-state index in [0.717, 1.165) is 24.3 Å². The van der Waals surface area contributed by atoms with E-state index in [-0.39, 0.29) is 10.6 Å². The van der Waals surface area contributed by atoms with Crippen LogP contribution in [0, 0.1) is 0 Å². The van der Waals surface area contributed by atoms with Crippen LogP contribution in [0.3, 0.4) is 0 Å². The smallest absolute Gasteiger partial charge is 0.337 e. The summed E-state index contributed by atoms with van der Waals surface area (Å²) in [6.07, 6.45) is 2.77. The molecule has 0 aliphatic heterocycles. The first-order valence-corrected chi connectivity index (χ1v) is 6.77. The fourth-order valence-corrected chi connectivity index (χ4v) is 2.11. The lowest BCUT2D eigenvalue weighted by molar-refractivity contribution is 0.0697. The maximum absolute atomic E-state index is 11.0. The van der Waals surface area contributed by atoms with E-state index in [1.54, 1.807) is 18.3 Å². The number of hydrogen-bond donors (Lipinski definition) is 2.